The zero-order valence-corrected chi connectivity index (χ0v) is 16.5. The Labute approximate surface area is 164 Å². The van der Waals surface area contributed by atoms with E-state index in [0.717, 1.165) is 29.9 Å². The van der Waals surface area contributed by atoms with E-state index in [-0.39, 0.29) is 25.5 Å². The number of anilines is 3. The van der Waals surface area contributed by atoms with Crippen molar-refractivity contribution in [3.05, 3.63) is 23.8 Å². The van der Waals surface area contributed by atoms with Gasteiger partial charge in [0.2, 0.25) is 24.6 Å². The highest BCUT2D eigenvalue weighted by Gasteiger charge is 2.14. The number of nitrogens with one attached hydrogen (secondary N) is 3. The molecule has 1 aliphatic heterocycles. The molecular weight excluding hydrogens is 360 g/mol. The molecule has 2 atom stereocenters. The zero-order chi connectivity index (χ0) is 19.9. The lowest BCUT2D eigenvalue weighted by Crippen LogP contribution is -2.25. The molecule has 1 aliphatic rings. The number of fused-ring (bicyclic) bond motifs is 1. The van der Waals surface area contributed by atoms with E-state index in [0.29, 0.717) is 24.4 Å². The molecule has 0 bridgehead atoms. The molecule has 9 nitrogen and oxygen atoms in total. The molecule has 2 aromatic rings. The van der Waals surface area contributed by atoms with Crippen molar-refractivity contribution < 1.29 is 14.6 Å². The molecule has 0 amide bonds. The first-order valence-electron chi connectivity index (χ1n) is 9.63. The minimum absolute atomic E-state index is 0.0102. The lowest BCUT2D eigenvalue weighted by Gasteiger charge is -2.17. The summed E-state index contributed by atoms with van der Waals surface area (Å²) < 4.78 is 10.8. The molecule has 2 heterocycles. The molecule has 152 valence electrons. The molecule has 0 saturated carbocycles. The van der Waals surface area contributed by atoms with E-state index in [9.17, 15) is 5.11 Å². The predicted molar refractivity (Wildman–Crippen MR) is 108 cm³/mol. The molecular formula is C19H28N6O3. The highest BCUT2D eigenvalue weighted by Crippen LogP contribution is 2.32. The van der Waals surface area contributed by atoms with Crippen molar-refractivity contribution in [2.45, 2.75) is 52.2 Å². The summed E-state index contributed by atoms with van der Waals surface area (Å²) in [6.45, 7) is 6.94. The van der Waals surface area contributed by atoms with Crippen LogP contribution in [0.15, 0.2) is 18.2 Å². The van der Waals surface area contributed by atoms with Gasteiger partial charge in [-0.1, -0.05) is 19.9 Å². The third-order valence-corrected chi connectivity index (χ3v) is 4.56. The Morgan fingerprint density at radius 1 is 1.00 bits per heavy atom. The van der Waals surface area contributed by atoms with Crippen LogP contribution in [0.25, 0.3) is 0 Å². The average molecular weight is 388 g/mol. The van der Waals surface area contributed by atoms with Crippen molar-refractivity contribution in [3.63, 3.8) is 0 Å². The largest absolute Gasteiger partial charge is 0.454 e. The van der Waals surface area contributed by atoms with Crippen molar-refractivity contribution in [2.75, 3.05) is 29.4 Å². The van der Waals surface area contributed by atoms with Gasteiger partial charge in [0.15, 0.2) is 11.5 Å². The number of aliphatic hydroxyl groups is 1. The minimum Gasteiger partial charge on any atom is -0.454 e. The lowest BCUT2D eigenvalue weighted by molar-refractivity contribution is 0.174. The van der Waals surface area contributed by atoms with Crippen LogP contribution in [0.4, 0.5) is 17.8 Å². The van der Waals surface area contributed by atoms with Crippen LogP contribution in [0, 0.1) is 0 Å². The molecule has 1 unspecified atom stereocenters. The standard InChI is InChI=1S/C19H28N6O3/c1-4-12(3)21-18-23-17(24-19(25-18)22-14(5-2)10-26)20-9-13-6-7-15-16(8-13)28-11-27-15/h6-8,12,14,26H,4-5,9-11H2,1-3H3,(H3,20,21,22,23,24,25)/t12?,14-/m1/s1. The molecule has 4 N–H and O–H groups in total. The fourth-order valence-electron chi connectivity index (χ4n) is 2.60. The lowest BCUT2D eigenvalue weighted by atomic mass is 10.2. The van der Waals surface area contributed by atoms with E-state index < -0.39 is 0 Å². The molecule has 0 aliphatic carbocycles. The molecule has 1 aromatic carbocycles. The second-order valence-corrected chi connectivity index (χ2v) is 6.73. The maximum absolute atomic E-state index is 9.45. The summed E-state index contributed by atoms with van der Waals surface area (Å²) >= 11 is 0. The number of nitrogens with zero attached hydrogens (tertiary/aromatic N) is 3. The number of ether oxygens (including phenoxy) is 2. The van der Waals surface area contributed by atoms with E-state index in [1.807, 2.05) is 25.1 Å². The summed E-state index contributed by atoms with van der Waals surface area (Å²) in [6.07, 6.45) is 1.71. The van der Waals surface area contributed by atoms with Gasteiger partial charge in [0.1, 0.15) is 0 Å². The van der Waals surface area contributed by atoms with Crippen LogP contribution >= 0.6 is 0 Å². The number of hydrogen-bond donors (Lipinski definition) is 4. The summed E-state index contributed by atoms with van der Waals surface area (Å²) in [7, 11) is 0. The summed E-state index contributed by atoms with van der Waals surface area (Å²) in [5, 5.41) is 19.1. The number of benzene rings is 1. The highest BCUT2D eigenvalue weighted by molar-refractivity contribution is 5.46. The number of aliphatic hydroxyl groups excluding tert-OH is 1. The third kappa shape index (κ3) is 5.13. The van der Waals surface area contributed by atoms with Crippen LogP contribution in [0.2, 0.25) is 0 Å². The predicted octanol–water partition coefficient (Wildman–Crippen LogP) is 2.61. The summed E-state index contributed by atoms with van der Waals surface area (Å²) in [6, 6.07) is 5.92. The van der Waals surface area contributed by atoms with Gasteiger partial charge in [0, 0.05) is 12.6 Å². The van der Waals surface area contributed by atoms with Gasteiger partial charge in [0.05, 0.1) is 12.6 Å². The quantitative estimate of drug-likeness (QED) is 0.488. The Balaban J connectivity index is 1.74. The minimum atomic E-state index is -0.111. The first kappa shape index (κ1) is 19.9. The SMILES string of the molecule is CCC(C)Nc1nc(NCc2ccc3c(c2)OCO3)nc(N[C@H](CC)CO)n1. The normalized spacial score (nSPS) is 14.4. The topological polar surface area (TPSA) is 113 Å². The van der Waals surface area contributed by atoms with Gasteiger partial charge < -0.3 is 30.5 Å². The maximum Gasteiger partial charge on any atom is 0.231 e. The Bertz CT molecular complexity index is 784. The Hall–Kier alpha value is -2.81. The third-order valence-electron chi connectivity index (χ3n) is 4.56. The molecule has 28 heavy (non-hydrogen) atoms. The number of aromatic nitrogens is 3. The first-order chi connectivity index (χ1) is 13.6. The van der Waals surface area contributed by atoms with Crippen molar-refractivity contribution in [2.24, 2.45) is 0 Å². The van der Waals surface area contributed by atoms with Gasteiger partial charge in [-0.25, -0.2) is 0 Å². The summed E-state index contributed by atoms with van der Waals surface area (Å²) in [5.41, 5.74) is 1.03. The zero-order valence-electron chi connectivity index (χ0n) is 16.5. The van der Waals surface area contributed by atoms with Crippen LogP contribution in [0.3, 0.4) is 0 Å². The number of hydrogen-bond acceptors (Lipinski definition) is 9. The highest BCUT2D eigenvalue weighted by atomic mass is 16.7. The van der Waals surface area contributed by atoms with Crippen LogP contribution in [0.5, 0.6) is 11.5 Å². The Morgan fingerprint density at radius 3 is 2.43 bits per heavy atom. The summed E-state index contributed by atoms with van der Waals surface area (Å²) in [4.78, 5) is 13.3. The second kappa shape index (κ2) is 9.41. The fraction of sp³-hybridized carbons (Fsp3) is 0.526. The first-order valence-corrected chi connectivity index (χ1v) is 9.63. The average Bonchev–Trinajstić information content (AvgIpc) is 3.18. The van der Waals surface area contributed by atoms with Gasteiger partial charge in [0.25, 0.3) is 0 Å². The molecule has 0 fully saturated rings. The molecule has 1 aromatic heterocycles. The smallest absolute Gasteiger partial charge is 0.231 e. The molecule has 0 radical (unpaired) electrons. The van der Waals surface area contributed by atoms with E-state index in [2.05, 4.69) is 44.7 Å². The van der Waals surface area contributed by atoms with Crippen molar-refractivity contribution in [1.29, 1.82) is 0 Å². The van der Waals surface area contributed by atoms with Crippen molar-refractivity contribution in [3.8, 4) is 11.5 Å². The number of rotatable bonds is 10. The van der Waals surface area contributed by atoms with Crippen molar-refractivity contribution >= 4 is 17.8 Å². The van der Waals surface area contributed by atoms with E-state index >= 15 is 0 Å². The fourth-order valence-corrected chi connectivity index (χ4v) is 2.60. The maximum atomic E-state index is 9.45. The Morgan fingerprint density at radius 2 is 1.71 bits per heavy atom. The molecule has 0 saturated heterocycles. The van der Waals surface area contributed by atoms with Gasteiger partial charge in [-0.2, -0.15) is 15.0 Å². The molecule has 9 heteroatoms. The van der Waals surface area contributed by atoms with Crippen LogP contribution in [0.1, 0.15) is 39.2 Å². The van der Waals surface area contributed by atoms with Gasteiger partial charge >= 0.3 is 0 Å². The van der Waals surface area contributed by atoms with E-state index in [4.69, 9.17) is 9.47 Å². The monoisotopic (exact) mass is 388 g/mol. The molecule has 0 spiro atoms. The van der Waals surface area contributed by atoms with Gasteiger partial charge in [-0.15, -0.1) is 0 Å². The van der Waals surface area contributed by atoms with Crippen LogP contribution in [-0.2, 0) is 6.54 Å². The second-order valence-electron chi connectivity index (χ2n) is 6.73. The van der Waals surface area contributed by atoms with E-state index in [1.165, 1.54) is 0 Å². The molecule has 3 rings (SSSR count). The van der Waals surface area contributed by atoms with Gasteiger partial charge in [-0.3, -0.25) is 0 Å². The van der Waals surface area contributed by atoms with Crippen molar-refractivity contribution in [1.82, 2.24) is 15.0 Å². The summed E-state index contributed by atoms with van der Waals surface area (Å²) in [5.74, 6) is 2.87. The van der Waals surface area contributed by atoms with Gasteiger partial charge in [-0.05, 0) is 37.5 Å². The van der Waals surface area contributed by atoms with Crippen LogP contribution in [-0.4, -0.2) is 45.5 Å². The Kier molecular flexibility index (Phi) is 6.70. The van der Waals surface area contributed by atoms with Crippen LogP contribution < -0.4 is 25.4 Å². The van der Waals surface area contributed by atoms with E-state index in [1.54, 1.807) is 0 Å².